The Hall–Kier alpha value is 0.463. The zero-order valence-electron chi connectivity index (χ0n) is 11.0. The Labute approximate surface area is 98.8 Å². The molecule has 0 aromatic carbocycles. The van der Waals surface area contributed by atoms with Crippen molar-refractivity contribution in [2.75, 3.05) is 13.2 Å². The molecular formula is C12H28GeO2. The first kappa shape index (κ1) is 15.5. The first-order valence-electron chi connectivity index (χ1n) is 6.52. The van der Waals surface area contributed by atoms with E-state index in [4.69, 9.17) is 7.53 Å². The van der Waals surface area contributed by atoms with Crippen LogP contribution in [0.25, 0.3) is 0 Å². The van der Waals surface area contributed by atoms with Gasteiger partial charge in [0.2, 0.25) is 0 Å². The van der Waals surface area contributed by atoms with E-state index >= 15 is 0 Å². The molecule has 0 aliphatic heterocycles. The molecule has 0 aliphatic rings. The van der Waals surface area contributed by atoms with E-state index < -0.39 is 13.9 Å². The van der Waals surface area contributed by atoms with Gasteiger partial charge >= 0.3 is 98.6 Å². The molecule has 2 nitrogen and oxygen atoms in total. The van der Waals surface area contributed by atoms with E-state index in [1.807, 2.05) is 0 Å². The minimum atomic E-state index is -2.38. The predicted molar refractivity (Wildman–Crippen MR) is 68.4 cm³/mol. The van der Waals surface area contributed by atoms with Gasteiger partial charge in [-0.05, 0) is 0 Å². The summed E-state index contributed by atoms with van der Waals surface area (Å²) in [6.45, 7) is 10.3. The fraction of sp³-hybridized carbons (Fsp3) is 1.00. The van der Waals surface area contributed by atoms with E-state index in [0.717, 1.165) is 13.2 Å². The molecule has 0 aromatic rings. The van der Waals surface area contributed by atoms with Gasteiger partial charge in [-0.15, -0.1) is 0 Å². The Morgan fingerprint density at radius 3 is 1.40 bits per heavy atom. The topological polar surface area (TPSA) is 18.5 Å². The molecule has 0 fully saturated rings. The van der Waals surface area contributed by atoms with Gasteiger partial charge in [0.25, 0.3) is 0 Å². The molecule has 0 heterocycles. The SMILES string of the molecule is CCC[CH2][Ge]([CH2]CCC)([O]CC)[O]CC. The quantitative estimate of drug-likeness (QED) is 0.559. The van der Waals surface area contributed by atoms with Crippen LogP contribution in [0.15, 0.2) is 0 Å². The average molecular weight is 277 g/mol. The average Bonchev–Trinajstić information content (AvgIpc) is 2.24. The van der Waals surface area contributed by atoms with Gasteiger partial charge in [0.15, 0.2) is 0 Å². The Morgan fingerprint density at radius 1 is 0.733 bits per heavy atom. The molecule has 0 bridgehead atoms. The van der Waals surface area contributed by atoms with E-state index in [2.05, 4.69) is 27.7 Å². The summed E-state index contributed by atoms with van der Waals surface area (Å²) >= 11 is -2.38. The van der Waals surface area contributed by atoms with Gasteiger partial charge in [-0.3, -0.25) is 0 Å². The molecular weight excluding hydrogens is 249 g/mol. The Balaban J connectivity index is 4.26. The fourth-order valence-corrected chi connectivity index (χ4v) is 9.74. The second-order valence-electron chi connectivity index (χ2n) is 3.98. The summed E-state index contributed by atoms with van der Waals surface area (Å²) in [5.41, 5.74) is 0. The van der Waals surface area contributed by atoms with Gasteiger partial charge in [0.05, 0.1) is 0 Å². The monoisotopic (exact) mass is 278 g/mol. The van der Waals surface area contributed by atoms with Crippen molar-refractivity contribution in [1.29, 1.82) is 0 Å². The second-order valence-corrected chi connectivity index (χ2v) is 11.1. The Morgan fingerprint density at radius 2 is 1.13 bits per heavy atom. The van der Waals surface area contributed by atoms with Crippen molar-refractivity contribution >= 4 is 13.9 Å². The summed E-state index contributed by atoms with van der Waals surface area (Å²) in [7, 11) is 0. The predicted octanol–water partition coefficient (Wildman–Crippen LogP) is 4.10. The zero-order valence-corrected chi connectivity index (χ0v) is 13.1. The summed E-state index contributed by atoms with van der Waals surface area (Å²) in [4.78, 5) is 0. The van der Waals surface area contributed by atoms with E-state index in [0.29, 0.717) is 0 Å². The molecule has 3 heteroatoms. The molecule has 0 unspecified atom stereocenters. The molecule has 0 amide bonds. The summed E-state index contributed by atoms with van der Waals surface area (Å²) in [5.74, 6) is 0. The van der Waals surface area contributed by atoms with E-state index in [9.17, 15) is 0 Å². The van der Waals surface area contributed by atoms with Crippen LogP contribution >= 0.6 is 0 Å². The van der Waals surface area contributed by atoms with Gasteiger partial charge in [0, 0.05) is 0 Å². The molecule has 92 valence electrons. The van der Waals surface area contributed by atoms with Crippen LogP contribution in [0.5, 0.6) is 0 Å². The van der Waals surface area contributed by atoms with Gasteiger partial charge in [-0.1, -0.05) is 0 Å². The van der Waals surface area contributed by atoms with Gasteiger partial charge in [0.1, 0.15) is 0 Å². The van der Waals surface area contributed by atoms with Crippen LogP contribution in [-0.4, -0.2) is 27.2 Å². The third-order valence-electron chi connectivity index (χ3n) is 2.64. The third-order valence-corrected chi connectivity index (χ3v) is 10.7. The van der Waals surface area contributed by atoms with Gasteiger partial charge < -0.3 is 0 Å². The molecule has 0 saturated carbocycles. The van der Waals surface area contributed by atoms with Crippen LogP contribution in [-0.2, 0) is 7.53 Å². The maximum absolute atomic E-state index is 6.04. The summed E-state index contributed by atoms with van der Waals surface area (Å²) in [5, 5.41) is 2.44. The molecule has 0 spiro atoms. The van der Waals surface area contributed by atoms with Crippen LogP contribution in [0.3, 0.4) is 0 Å². The van der Waals surface area contributed by atoms with E-state index in [1.54, 1.807) is 0 Å². The normalized spacial score (nSPS) is 12.0. The van der Waals surface area contributed by atoms with Crippen molar-refractivity contribution in [2.24, 2.45) is 0 Å². The van der Waals surface area contributed by atoms with Crippen LogP contribution < -0.4 is 0 Å². The molecule has 0 radical (unpaired) electrons. The first-order valence-corrected chi connectivity index (χ1v) is 11.2. The van der Waals surface area contributed by atoms with Crippen LogP contribution in [0.1, 0.15) is 53.4 Å². The summed E-state index contributed by atoms with van der Waals surface area (Å²) in [6, 6.07) is 0. The van der Waals surface area contributed by atoms with Crippen LogP contribution in [0.4, 0.5) is 0 Å². The molecule has 0 saturated heterocycles. The molecule has 0 atom stereocenters. The summed E-state index contributed by atoms with van der Waals surface area (Å²) in [6.07, 6.45) is 5.03. The fourth-order valence-electron chi connectivity index (χ4n) is 1.87. The van der Waals surface area contributed by atoms with Crippen molar-refractivity contribution in [2.45, 2.75) is 63.9 Å². The number of rotatable bonds is 10. The van der Waals surface area contributed by atoms with Crippen molar-refractivity contribution in [3.63, 3.8) is 0 Å². The first-order chi connectivity index (χ1) is 7.24. The maximum atomic E-state index is 6.04. The van der Waals surface area contributed by atoms with E-state index in [1.165, 1.54) is 36.2 Å². The van der Waals surface area contributed by atoms with Crippen molar-refractivity contribution in [3.05, 3.63) is 0 Å². The Kier molecular flexibility index (Phi) is 9.97. The summed E-state index contributed by atoms with van der Waals surface area (Å²) < 4.78 is 12.1. The third kappa shape index (κ3) is 6.59. The number of unbranched alkanes of at least 4 members (excludes halogenated alkanes) is 2. The van der Waals surface area contributed by atoms with Crippen molar-refractivity contribution in [1.82, 2.24) is 0 Å². The van der Waals surface area contributed by atoms with Crippen molar-refractivity contribution < 1.29 is 7.53 Å². The minimum absolute atomic E-state index is 0.827. The number of hydrogen-bond acceptors (Lipinski definition) is 2. The standard InChI is InChI=1S/C12H28GeO2/c1-5-9-11-13(14-7-3,15-8-4)12-10-6-2/h5-12H2,1-4H3. The molecule has 0 aliphatic carbocycles. The zero-order chi connectivity index (χ0) is 11.6. The van der Waals surface area contributed by atoms with Crippen LogP contribution in [0, 0.1) is 0 Å². The van der Waals surface area contributed by atoms with Crippen LogP contribution in [0.2, 0.25) is 10.5 Å². The number of hydrogen-bond donors (Lipinski definition) is 0. The van der Waals surface area contributed by atoms with Gasteiger partial charge in [-0.25, -0.2) is 0 Å². The molecule has 0 aromatic heterocycles. The van der Waals surface area contributed by atoms with Gasteiger partial charge in [-0.2, -0.15) is 0 Å². The van der Waals surface area contributed by atoms with Crippen molar-refractivity contribution in [3.8, 4) is 0 Å². The second kappa shape index (κ2) is 9.67. The Bertz CT molecular complexity index is 124. The molecule has 0 N–H and O–H groups in total. The molecule has 0 rings (SSSR count). The molecule has 15 heavy (non-hydrogen) atoms. The van der Waals surface area contributed by atoms with E-state index in [-0.39, 0.29) is 0 Å².